The molecule has 1 aliphatic rings. The number of methoxy groups -OCH3 is 1. The number of pyridine rings is 1. The molecule has 2 atom stereocenters. The molecule has 2 rings (SSSR count). The van der Waals surface area contributed by atoms with E-state index >= 15 is 0 Å². The van der Waals surface area contributed by atoms with Gasteiger partial charge in [0.05, 0.1) is 13.7 Å². The fourth-order valence-corrected chi connectivity index (χ4v) is 2.69. The molecule has 1 aromatic rings. The van der Waals surface area contributed by atoms with Gasteiger partial charge < -0.3 is 14.2 Å². The van der Waals surface area contributed by atoms with Crippen molar-refractivity contribution in [1.29, 1.82) is 0 Å². The third-order valence-corrected chi connectivity index (χ3v) is 3.61. The summed E-state index contributed by atoms with van der Waals surface area (Å²) < 4.78 is 16.1. The molecule has 0 saturated carbocycles. The van der Waals surface area contributed by atoms with Crippen molar-refractivity contribution < 1.29 is 23.8 Å². The van der Waals surface area contributed by atoms with E-state index in [2.05, 4.69) is 4.98 Å². The second-order valence-corrected chi connectivity index (χ2v) is 7.02. The average Bonchev–Trinajstić information content (AvgIpc) is 2.87. The molecule has 2 heterocycles. The lowest BCUT2D eigenvalue weighted by Crippen LogP contribution is -2.44. The highest BCUT2D eigenvalue weighted by Gasteiger charge is 2.43. The minimum absolute atomic E-state index is 0.218. The lowest BCUT2D eigenvalue weighted by molar-refractivity contribution is -0.145. The summed E-state index contributed by atoms with van der Waals surface area (Å²) in [5, 5.41) is 0. The van der Waals surface area contributed by atoms with E-state index in [0.29, 0.717) is 17.8 Å². The van der Waals surface area contributed by atoms with Crippen LogP contribution in [0.2, 0.25) is 0 Å². The van der Waals surface area contributed by atoms with Crippen molar-refractivity contribution in [3.05, 3.63) is 17.8 Å². The van der Waals surface area contributed by atoms with Crippen LogP contribution in [0.5, 0.6) is 5.75 Å². The molecule has 134 valence electrons. The molecular formula is C17H23BN2O5. The van der Waals surface area contributed by atoms with Gasteiger partial charge in [0.1, 0.15) is 31.3 Å². The number of rotatable bonds is 3. The summed E-state index contributed by atoms with van der Waals surface area (Å²) in [5.74, 6) is 0.0482. The molecule has 1 fully saturated rings. The van der Waals surface area contributed by atoms with E-state index in [1.807, 2.05) is 6.92 Å². The molecule has 7 nitrogen and oxygen atoms in total. The van der Waals surface area contributed by atoms with E-state index in [9.17, 15) is 9.59 Å². The topological polar surface area (TPSA) is 78.0 Å². The second kappa shape index (κ2) is 7.33. The number of hydrogen-bond acceptors (Lipinski definition) is 6. The van der Waals surface area contributed by atoms with E-state index in [-0.39, 0.29) is 12.6 Å². The molecule has 0 N–H and O–H groups in total. The zero-order valence-electron chi connectivity index (χ0n) is 15.2. The zero-order chi connectivity index (χ0) is 18.8. The minimum Gasteiger partial charge on any atom is -0.488 e. The van der Waals surface area contributed by atoms with Crippen LogP contribution in [-0.4, -0.2) is 61.2 Å². The van der Waals surface area contributed by atoms with Crippen molar-refractivity contribution in [1.82, 2.24) is 9.88 Å². The number of likely N-dealkylation sites (tertiary alicyclic amines) is 1. The third kappa shape index (κ3) is 5.11. The van der Waals surface area contributed by atoms with Crippen LogP contribution in [-0.2, 0) is 14.3 Å². The summed E-state index contributed by atoms with van der Waals surface area (Å²) >= 11 is 0. The number of carbonyl (C=O) groups is 2. The van der Waals surface area contributed by atoms with Gasteiger partial charge in [0.15, 0.2) is 0 Å². The normalized spacial score (nSPS) is 20.3. The van der Waals surface area contributed by atoms with Gasteiger partial charge in [-0.1, -0.05) is 0 Å². The van der Waals surface area contributed by atoms with Crippen molar-refractivity contribution in [3.8, 4) is 5.75 Å². The van der Waals surface area contributed by atoms with Crippen LogP contribution in [0, 0.1) is 6.92 Å². The number of aromatic nitrogens is 1. The molecule has 0 aromatic carbocycles. The van der Waals surface area contributed by atoms with Crippen LogP contribution in [0.25, 0.3) is 0 Å². The molecule has 2 radical (unpaired) electrons. The van der Waals surface area contributed by atoms with Gasteiger partial charge in [-0.05, 0) is 39.4 Å². The van der Waals surface area contributed by atoms with Crippen molar-refractivity contribution in [3.63, 3.8) is 0 Å². The molecule has 0 unspecified atom stereocenters. The lowest BCUT2D eigenvalue weighted by atomic mass is 10.0. The maximum atomic E-state index is 12.4. The van der Waals surface area contributed by atoms with Gasteiger partial charge in [0.2, 0.25) is 0 Å². The Morgan fingerprint density at radius 2 is 2.00 bits per heavy atom. The number of hydrogen-bond donors (Lipinski definition) is 0. The van der Waals surface area contributed by atoms with Gasteiger partial charge in [0, 0.05) is 18.2 Å². The van der Waals surface area contributed by atoms with Crippen LogP contribution in [0.4, 0.5) is 4.79 Å². The van der Waals surface area contributed by atoms with Gasteiger partial charge in [-0.3, -0.25) is 9.88 Å². The van der Waals surface area contributed by atoms with E-state index < -0.39 is 23.7 Å². The van der Waals surface area contributed by atoms with Gasteiger partial charge in [-0.15, -0.1) is 0 Å². The number of aryl methyl sites for hydroxylation is 1. The smallest absolute Gasteiger partial charge is 0.411 e. The fraction of sp³-hybridized carbons (Fsp3) is 0.588. The molecule has 8 heteroatoms. The molecule has 0 spiro atoms. The van der Waals surface area contributed by atoms with Gasteiger partial charge in [0.25, 0.3) is 0 Å². The van der Waals surface area contributed by atoms with Crippen molar-refractivity contribution in [2.45, 2.75) is 51.9 Å². The summed E-state index contributed by atoms with van der Waals surface area (Å²) in [5.41, 5.74) is 0.413. The molecule has 1 amide bonds. The Labute approximate surface area is 149 Å². The Morgan fingerprint density at radius 3 is 2.56 bits per heavy atom. The van der Waals surface area contributed by atoms with Crippen molar-refractivity contribution in [2.24, 2.45) is 0 Å². The first-order chi connectivity index (χ1) is 11.6. The molecular weight excluding hydrogens is 323 g/mol. The zero-order valence-corrected chi connectivity index (χ0v) is 15.2. The van der Waals surface area contributed by atoms with Crippen LogP contribution < -0.4 is 10.3 Å². The maximum absolute atomic E-state index is 12.4. The highest BCUT2D eigenvalue weighted by atomic mass is 16.6. The lowest BCUT2D eigenvalue weighted by Gasteiger charge is -2.27. The number of nitrogens with zero attached hydrogens (tertiary/aromatic N) is 2. The van der Waals surface area contributed by atoms with Gasteiger partial charge in [-0.25, -0.2) is 9.59 Å². The first kappa shape index (κ1) is 19.1. The maximum Gasteiger partial charge on any atom is 0.411 e. The van der Waals surface area contributed by atoms with Crippen molar-refractivity contribution >= 4 is 25.5 Å². The Morgan fingerprint density at radius 1 is 1.32 bits per heavy atom. The van der Waals surface area contributed by atoms with E-state index in [1.165, 1.54) is 12.0 Å². The van der Waals surface area contributed by atoms with Crippen molar-refractivity contribution in [2.75, 3.05) is 13.7 Å². The van der Waals surface area contributed by atoms with E-state index in [1.54, 1.807) is 32.9 Å². The largest absolute Gasteiger partial charge is 0.488 e. The number of amides is 1. The SMILES string of the molecule is [B]c1cc(O[C@@H]2C[C@@H](C(=O)OC)N(C(=O)OC(C)(C)C)C2)cc(C)n1. The summed E-state index contributed by atoms with van der Waals surface area (Å²) in [6.07, 6.45) is -0.634. The Kier molecular flexibility index (Phi) is 5.60. The summed E-state index contributed by atoms with van der Waals surface area (Å²) in [6.45, 7) is 7.33. The summed E-state index contributed by atoms with van der Waals surface area (Å²) in [7, 11) is 7.01. The molecule has 1 aliphatic heterocycles. The number of carbonyl (C=O) groups excluding carboxylic acids is 2. The van der Waals surface area contributed by atoms with Crippen LogP contribution in [0.15, 0.2) is 12.1 Å². The van der Waals surface area contributed by atoms with Gasteiger partial charge >= 0.3 is 12.1 Å². The highest BCUT2D eigenvalue weighted by molar-refractivity contribution is 6.30. The predicted molar refractivity (Wildman–Crippen MR) is 92.1 cm³/mol. The Bertz CT molecular complexity index is 639. The van der Waals surface area contributed by atoms with Crippen LogP contribution >= 0.6 is 0 Å². The predicted octanol–water partition coefficient (Wildman–Crippen LogP) is 1.11. The van der Waals surface area contributed by atoms with Crippen LogP contribution in [0.1, 0.15) is 32.9 Å². The van der Waals surface area contributed by atoms with E-state index in [4.69, 9.17) is 22.1 Å². The summed E-state index contributed by atoms with van der Waals surface area (Å²) in [6, 6.07) is 2.61. The molecule has 25 heavy (non-hydrogen) atoms. The highest BCUT2D eigenvalue weighted by Crippen LogP contribution is 2.25. The molecule has 1 saturated heterocycles. The van der Waals surface area contributed by atoms with E-state index in [0.717, 1.165) is 5.69 Å². The van der Waals surface area contributed by atoms with Crippen LogP contribution in [0.3, 0.4) is 0 Å². The Hall–Kier alpha value is -2.25. The second-order valence-electron chi connectivity index (χ2n) is 7.02. The number of ether oxygens (including phenoxy) is 3. The van der Waals surface area contributed by atoms with Gasteiger partial charge in [-0.2, -0.15) is 0 Å². The monoisotopic (exact) mass is 346 g/mol. The quantitative estimate of drug-likeness (QED) is 0.603. The molecule has 0 aliphatic carbocycles. The standard InChI is InChI=1S/C17H23BN2O5/c1-10-6-11(8-14(18)19-10)24-12-7-13(15(21)23-5)20(9-12)16(22)25-17(2,3)4/h6,8,12-13H,7,9H2,1-5H3/t12-,13+/m1/s1. The third-order valence-electron chi connectivity index (χ3n) is 3.61. The fourth-order valence-electron chi connectivity index (χ4n) is 2.69. The molecule has 0 bridgehead atoms. The first-order valence-corrected chi connectivity index (χ1v) is 8.07. The number of esters is 1. The average molecular weight is 346 g/mol. The Balaban J connectivity index is 2.14. The summed E-state index contributed by atoms with van der Waals surface area (Å²) in [4.78, 5) is 29.9. The first-order valence-electron chi connectivity index (χ1n) is 8.07. The molecule has 1 aromatic heterocycles. The minimum atomic E-state index is -0.745.